The molecule has 0 unspecified atom stereocenters. The quantitative estimate of drug-likeness (QED) is 0.607. The lowest BCUT2D eigenvalue weighted by Crippen LogP contribution is -2.07. The van der Waals surface area contributed by atoms with Gasteiger partial charge in [-0.2, -0.15) is 13.2 Å². The zero-order valence-electron chi connectivity index (χ0n) is 8.45. The first-order valence-corrected chi connectivity index (χ1v) is 4.49. The number of ether oxygens (including phenoxy) is 1. The van der Waals surface area contributed by atoms with Crippen molar-refractivity contribution in [2.45, 2.75) is 6.18 Å². The van der Waals surface area contributed by atoms with Crippen LogP contribution in [0.25, 0.3) is 5.73 Å². The van der Waals surface area contributed by atoms with E-state index in [4.69, 9.17) is 10.5 Å². The van der Waals surface area contributed by atoms with Gasteiger partial charge in [-0.05, 0) is 12.1 Å². The van der Waals surface area contributed by atoms with Crippen LogP contribution in [0, 0.1) is 10.1 Å². The molecule has 0 radical (unpaired) electrons. The summed E-state index contributed by atoms with van der Waals surface area (Å²) in [6, 6.07) is 2.00. The highest BCUT2D eigenvalue weighted by Gasteiger charge is 2.33. The van der Waals surface area contributed by atoms with Crippen LogP contribution in [0.1, 0.15) is 5.56 Å². The van der Waals surface area contributed by atoms with Crippen molar-refractivity contribution < 1.29 is 22.8 Å². The first-order valence-electron chi connectivity index (χ1n) is 4.49. The third-order valence-electron chi connectivity index (χ3n) is 1.84. The molecule has 94 valence electrons. The summed E-state index contributed by atoms with van der Waals surface area (Å²) in [5.41, 5.74) is 4.93. The second-order valence-electron chi connectivity index (χ2n) is 3.04. The Hall–Kier alpha value is -1.83. The molecule has 1 N–H and O–H groups in total. The minimum Gasteiger partial charge on any atom is -0.675 e. The lowest BCUT2D eigenvalue weighted by atomic mass is 10.2. The molecule has 0 saturated carbocycles. The third kappa shape index (κ3) is 3.31. The first kappa shape index (κ1) is 13.2. The maximum atomic E-state index is 12.3. The highest BCUT2D eigenvalue weighted by molar-refractivity contribution is 5.49. The molecule has 8 heteroatoms. The van der Waals surface area contributed by atoms with Gasteiger partial charge in [-0.15, -0.1) is 6.54 Å². The highest BCUT2D eigenvalue weighted by Crippen LogP contribution is 2.35. The molecule has 0 amide bonds. The fourth-order valence-electron chi connectivity index (χ4n) is 1.12. The Kier molecular flexibility index (Phi) is 3.89. The van der Waals surface area contributed by atoms with E-state index in [-0.39, 0.29) is 18.9 Å². The van der Waals surface area contributed by atoms with Gasteiger partial charge in [0, 0.05) is 6.07 Å². The average molecular weight is 249 g/mol. The number of nitrogens with zero attached hydrogens (tertiary/aromatic N) is 1. The van der Waals surface area contributed by atoms with E-state index >= 15 is 0 Å². The van der Waals surface area contributed by atoms with Gasteiger partial charge < -0.3 is 10.5 Å². The van der Waals surface area contributed by atoms with Crippen LogP contribution in [0.2, 0.25) is 0 Å². The Morgan fingerprint density at radius 3 is 2.53 bits per heavy atom. The first-order chi connectivity index (χ1) is 7.86. The molecule has 5 nitrogen and oxygen atoms in total. The predicted octanol–water partition coefficient (Wildman–Crippen LogP) is 3.04. The third-order valence-corrected chi connectivity index (χ3v) is 1.84. The molecule has 0 aliphatic rings. The van der Waals surface area contributed by atoms with E-state index in [2.05, 4.69) is 0 Å². The second-order valence-corrected chi connectivity index (χ2v) is 3.04. The summed E-state index contributed by atoms with van der Waals surface area (Å²) in [4.78, 5) is 9.63. The van der Waals surface area contributed by atoms with Crippen molar-refractivity contribution in [3.63, 3.8) is 0 Å². The topological polar surface area (TPSA) is 76.2 Å². The molecular formula is C9H8F3N2O3-. The zero-order chi connectivity index (χ0) is 13.1. The SMILES string of the molecule is [NH-]CCOc1ccc(C(F)(F)F)cc1[N+](=O)[O-]. The normalized spacial score (nSPS) is 11.3. The molecule has 0 aliphatic carbocycles. The number of alkyl halides is 3. The molecule has 0 fully saturated rings. The Morgan fingerprint density at radius 2 is 2.06 bits per heavy atom. The van der Waals surface area contributed by atoms with E-state index in [0.717, 1.165) is 6.07 Å². The van der Waals surface area contributed by atoms with Gasteiger partial charge in [0.15, 0.2) is 5.75 Å². The fraction of sp³-hybridized carbons (Fsp3) is 0.333. The van der Waals surface area contributed by atoms with E-state index in [1.165, 1.54) is 0 Å². The van der Waals surface area contributed by atoms with Gasteiger partial charge in [-0.3, -0.25) is 10.1 Å². The van der Waals surface area contributed by atoms with Crippen LogP contribution >= 0.6 is 0 Å². The van der Waals surface area contributed by atoms with Gasteiger partial charge >= 0.3 is 11.9 Å². The fourth-order valence-corrected chi connectivity index (χ4v) is 1.12. The number of rotatable bonds is 4. The number of nitro groups is 1. The number of nitro benzene ring substituents is 1. The summed E-state index contributed by atoms with van der Waals surface area (Å²) < 4.78 is 41.8. The van der Waals surface area contributed by atoms with Crippen LogP contribution in [-0.2, 0) is 6.18 Å². The Labute approximate surface area is 94.1 Å². The van der Waals surface area contributed by atoms with E-state index < -0.39 is 22.4 Å². The lowest BCUT2D eigenvalue weighted by molar-refractivity contribution is -0.386. The highest BCUT2D eigenvalue weighted by atomic mass is 19.4. The molecular weight excluding hydrogens is 241 g/mol. The standard InChI is InChI=1S/C9H8F3N2O3/c10-9(11,12)6-1-2-8(17-4-3-13)7(5-6)14(15)16/h1-2,5,13H,3-4H2/q-1. The summed E-state index contributed by atoms with van der Waals surface area (Å²) in [7, 11) is 0. The number of hydrogen-bond acceptors (Lipinski definition) is 3. The van der Waals surface area contributed by atoms with Crippen molar-refractivity contribution in [3.8, 4) is 5.75 Å². The van der Waals surface area contributed by atoms with Gasteiger partial charge in [0.1, 0.15) is 0 Å². The molecule has 1 aromatic rings. The monoisotopic (exact) mass is 249 g/mol. The van der Waals surface area contributed by atoms with Crippen molar-refractivity contribution in [2.75, 3.05) is 13.2 Å². The molecule has 17 heavy (non-hydrogen) atoms. The molecule has 0 aliphatic heterocycles. The molecule has 0 bridgehead atoms. The number of halogens is 3. The lowest BCUT2D eigenvalue weighted by Gasteiger charge is -2.10. The van der Waals surface area contributed by atoms with E-state index in [1.54, 1.807) is 0 Å². The zero-order valence-corrected chi connectivity index (χ0v) is 8.45. The molecule has 1 aromatic carbocycles. The molecule has 0 aromatic heterocycles. The number of hydrogen-bond donors (Lipinski definition) is 0. The molecule has 1 rings (SSSR count). The predicted molar refractivity (Wildman–Crippen MR) is 52.8 cm³/mol. The van der Waals surface area contributed by atoms with Gasteiger partial charge in [0.05, 0.1) is 17.1 Å². The van der Waals surface area contributed by atoms with Crippen LogP contribution in [0.5, 0.6) is 5.75 Å². The van der Waals surface area contributed by atoms with Gasteiger partial charge in [-0.25, -0.2) is 0 Å². The summed E-state index contributed by atoms with van der Waals surface area (Å²) >= 11 is 0. The van der Waals surface area contributed by atoms with Crippen molar-refractivity contribution in [2.24, 2.45) is 0 Å². The Balaban J connectivity index is 3.13. The van der Waals surface area contributed by atoms with Crippen molar-refractivity contribution in [1.29, 1.82) is 0 Å². The van der Waals surface area contributed by atoms with Gasteiger partial charge in [0.25, 0.3) is 0 Å². The Morgan fingerprint density at radius 1 is 1.41 bits per heavy atom. The van der Waals surface area contributed by atoms with E-state index in [9.17, 15) is 23.3 Å². The number of nitrogens with one attached hydrogen (secondary N) is 1. The summed E-state index contributed by atoms with van der Waals surface area (Å²) in [6.45, 7) is -0.260. The summed E-state index contributed by atoms with van der Waals surface area (Å²) in [5, 5.41) is 10.6. The van der Waals surface area contributed by atoms with Crippen LogP contribution in [0.15, 0.2) is 18.2 Å². The molecule has 0 spiro atoms. The molecule has 0 heterocycles. The van der Waals surface area contributed by atoms with Crippen molar-refractivity contribution in [3.05, 3.63) is 39.6 Å². The largest absolute Gasteiger partial charge is 0.675 e. The van der Waals surface area contributed by atoms with Crippen molar-refractivity contribution in [1.82, 2.24) is 0 Å². The van der Waals surface area contributed by atoms with E-state index in [1.807, 2.05) is 0 Å². The maximum absolute atomic E-state index is 12.3. The summed E-state index contributed by atoms with van der Waals surface area (Å²) in [5.74, 6) is -0.268. The average Bonchev–Trinajstić information content (AvgIpc) is 2.24. The smallest absolute Gasteiger partial charge is 0.416 e. The minimum absolute atomic E-state index is 0.119. The van der Waals surface area contributed by atoms with Gasteiger partial charge in [-0.1, -0.05) is 0 Å². The second kappa shape index (κ2) is 5.00. The van der Waals surface area contributed by atoms with Gasteiger partial charge in [0.2, 0.25) is 0 Å². The molecule has 0 saturated heterocycles. The number of benzene rings is 1. The van der Waals surface area contributed by atoms with Crippen LogP contribution in [-0.4, -0.2) is 18.1 Å². The molecule has 0 atom stereocenters. The summed E-state index contributed by atoms with van der Waals surface area (Å²) in [6.07, 6.45) is -4.64. The van der Waals surface area contributed by atoms with Crippen LogP contribution in [0.3, 0.4) is 0 Å². The van der Waals surface area contributed by atoms with Crippen LogP contribution in [0.4, 0.5) is 18.9 Å². The minimum atomic E-state index is -4.64. The van der Waals surface area contributed by atoms with Crippen molar-refractivity contribution >= 4 is 5.69 Å². The Bertz CT molecular complexity index is 420. The van der Waals surface area contributed by atoms with Crippen LogP contribution < -0.4 is 4.74 Å². The maximum Gasteiger partial charge on any atom is 0.416 e. The van der Waals surface area contributed by atoms with E-state index in [0.29, 0.717) is 12.1 Å².